The lowest BCUT2D eigenvalue weighted by atomic mass is 9.89. The van der Waals surface area contributed by atoms with Gasteiger partial charge in [0.05, 0.1) is 60.8 Å². The molecule has 0 bridgehead atoms. The molecule has 2 amide bonds. The normalized spacial score (nSPS) is 19.9. The lowest BCUT2D eigenvalue weighted by Gasteiger charge is -2.35. The molecule has 384 valence electrons. The number of anilines is 4. The summed E-state index contributed by atoms with van der Waals surface area (Å²) >= 11 is 0. The van der Waals surface area contributed by atoms with E-state index in [0.29, 0.717) is 48.1 Å². The van der Waals surface area contributed by atoms with E-state index >= 15 is 0 Å². The number of hydrogen-bond donors (Lipinski definition) is 0. The Balaban J connectivity index is 0.000000159. The van der Waals surface area contributed by atoms with E-state index in [-0.39, 0.29) is 11.8 Å². The molecule has 2 aromatic carbocycles. The van der Waals surface area contributed by atoms with Crippen molar-refractivity contribution in [3.05, 3.63) is 93.8 Å². The first-order chi connectivity index (χ1) is 35.8. The van der Waals surface area contributed by atoms with Gasteiger partial charge in [-0.05, 0) is 85.8 Å². The number of rotatable bonds is 6. The number of aromatic nitrogens is 8. The van der Waals surface area contributed by atoms with Crippen LogP contribution in [0.1, 0.15) is 110 Å². The zero-order valence-electron chi connectivity index (χ0n) is 43.6. The molecule has 0 N–H and O–H groups in total. The Labute approximate surface area is 432 Å². The summed E-state index contributed by atoms with van der Waals surface area (Å²) < 4.78 is 19.3. The molecular formula is C56H66N14O4. The topological polar surface area (TPSA) is 184 Å². The zero-order chi connectivity index (χ0) is 51.4. The summed E-state index contributed by atoms with van der Waals surface area (Å²) in [6, 6.07) is 13.8. The highest BCUT2D eigenvalue weighted by molar-refractivity contribution is 5.81. The van der Waals surface area contributed by atoms with E-state index in [1.807, 2.05) is 60.8 Å². The van der Waals surface area contributed by atoms with Crippen molar-refractivity contribution in [1.82, 2.24) is 48.9 Å². The van der Waals surface area contributed by atoms with E-state index in [1.165, 1.54) is 22.5 Å². The molecule has 2 fully saturated rings. The number of benzene rings is 2. The van der Waals surface area contributed by atoms with E-state index in [9.17, 15) is 20.1 Å². The second kappa shape index (κ2) is 20.2. The lowest BCUT2D eigenvalue weighted by Crippen LogP contribution is -2.36. The van der Waals surface area contributed by atoms with Crippen LogP contribution in [0.15, 0.2) is 49.1 Å². The minimum absolute atomic E-state index is 0.0932. The first-order valence-corrected chi connectivity index (χ1v) is 26.4. The van der Waals surface area contributed by atoms with Gasteiger partial charge < -0.3 is 29.1 Å². The molecule has 12 rings (SSSR count). The zero-order valence-corrected chi connectivity index (χ0v) is 43.6. The maximum atomic E-state index is 12.3. The molecular weight excluding hydrogens is 933 g/mol. The maximum Gasteiger partial charge on any atom is 0.219 e. The van der Waals surface area contributed by atoms with Crippen LogP contribution in [-0.2, 0) is 71.9 Å². The lowest BCUT2D eigenvalue weighted by molar-refractivity contribution is -0.130. The van der Waals surface area contributed by atoms with Gasteiger partial charge in [0, 0.05) is 162 Å². The van der Waals surface area contributed by atoms with Gasteiger partial charge in [-0.2, -0.15) is 30.9 Å². The Hall–Kier alpha value is -7.28. The van der Waals surface area contributed by atoms with Gasteiger partial charge in [-0.3, -0.25) is 28.3 Å². The summed E-state index contributed by atoms with van der Waals surface area (Å²) in [6.45, 7) is 15.0. The molecule has 0 unspecified atom stereocenters. The third-order valence-electron chi connectivity index (χ3n) is 16.0. The molecule has 6 aliphatic rings. The fraction of sp³-hybridized carbons (Fsp3) is 0.500. The molecule has 0 aliphatic carbocycles. The van der Waals surface area contributed by atoms with Gasteiger partial charge in [-0.15, -0.1) is 0 Å². The van der Waals surface area contributed by atoms with Crippen molar-refractivity contribution in [2.45, 2.75) is 104 Å². The molecule has 18 heteroatoms. The predicted octanol–water partition coefficient (Wildman–Crippen LogP) is 7.48. The third kappa shape index (κ3) is 9.23. The van der Waals surface area contributed by atoms with Crippen molar-refractivity contribution in [2.75, 3.05) is 62.4 Å². The summed E-state index contributed by atoms with van der Waals surface area (Å²) in [6.07, 6.45) is 14.8. The van der Waals surface area contributed by atoms with Gasteiger partial charge in [0.1, 0.15) is 0 Å². The Kier molecular flexibility index (Phi) is 13.4. The second-order valence-electron chi connectivity index (χ2n) is 21.4. The van der Waals surface area contributed by atoms with Crippen LogP contribution in [0, 0.1) is 34.5 Å². The van der Waals surface area contributed by atoms with E-state index in [0.717, 1.165) is 160 Å². The van der Waals surface area contributed by atoms with Crippen molar-refractivity contribution in [2.24, 2.45) is 25.9 Å². The highest BCUT2D eigenvalue weighted by Gasteiger charge is 2.37. The SMILES string of the molecule is CC(=O)N1CCc2c(c(N3C[C@@H](C)Cc4cc(-c5cnn(C)c5)c(C#N)cc43)nn2C2CCOCC2)C1.CC(=O)N1CCc2c(c(N3C[C@H](C)Cc4cc(-c5cnn(C)c5)c(C#N)cc43)nn2C2CCOCC2)C1. The molecule has 6 aliphatic heterocycles. The fourth-order valence-electron chi connectivity index (χ4n) is 12.3. The Morgan fingerprint density at radius 2 is 1.03 bits per heavy atom. The van der Waals surface area contributed by atoms with Crippen LogP contribution in [-0.4, -0.2) is 113 Å². The highest BCUT2D eigenvalue weighted by Crippen LogP contribution is 2.45. The summed E-state index contributed by atoms with van der Waals surface area (Å²) in [5, 5.41) is 39.3. The molecule has 10 heterocycles. The van der Waals surface area contributed by atoms with Crippen LogP contribution < -0.4 is 9.80 Å². The van der Waals surface area contributed by atoms with E-state index in [4.69, 9.17) is 19.7 Å². The summed E-state index contributed by atoms with van der Waals surface area (Å²) in [4.78, 5) is 33.1. The Morgan fingerprint density at radius 1 is 0.622 bits per heavy atom. The maximum absolute atomic E-state index is 12.3. The van der Waals surface area contributed by atoms with Crippen LogP contribution >= 0.6 is 0 Å². The van der Waals surface area contributed by atoms with Crippen molar-refractivity contribution in [3.63, 3.8) is 0 Å². The van der Waals surface area contributed by atoms with E-state index < -0.39 is 0 Å². The van der Waals surface area contributed by atoms with Gasteiger partial charge in [0.15, 0.2) is 11.6 Å². The summed E-state index contributed by atoms with van der Waals surface area (Å²) in [5.41, 5.74) is 14.3. The Morgan fingerprint density at radius 3 is 1.38 bits per heavy atom. The Bertz CT molecular complexity index is 3000. The van der Waals surface area contributed by atoms with Gasteiger partial charge in [0.2, 0.25) is 11.8 Å². The molecule has 0 spiro atoms. The standard InChI is InChI=1S/2C28H33N7O2/c2*1-18-10-20-11-24(22-14-30-32(3)16-22)21(13-29)12-27(20)34(15-18)28-25-17-33(19(2)36)7-4-26(25)35(31-28)23-5-8-37-9-6-23/h2*11-12,14,16,18,23H,4-10,15,17H2,1-3H3/t2*18-/m10/s1. The fourth-order valence-corrected chi connectivity index (χ4v) is 12.3. The highest BCUT2D eigenvalue weighted by atomic mass is 16.5. The van der Waals surface area contributed by atoms with E-state index in [2.05, 4.69) is 67.5 Å². The number of carbonyl (C=O) groups is 2. The van der Waals surface area contributed by atoms with Gasteiger partial charge in [-0.25, -0.2) is 0 Å². The minimum Gasteiger partial charge on any atom is -0.381 e. The minimum atomic E-state index is 0.0932. The molecule has 18 nitrogen and oxygen atoms in total. The van der Waals surface area contributed by atoms with Crippen LogP contribution in [0.3, 0.4) is 0 Å². The monoisotopic (exact) mass is 999 g/mol. The van der Waals surface area contributed by atoms with Gasteiger partial charge in [0.25, 0.3) is 0 Å². The molecule has 74 heavy (non-hydrogen) atoms. The van der Waals surface area contributed by atoms with Gasteiger partial charge >= 0.3 is 0 Å². The van der Waals surface area contributed by atoms with Crippen molar-refractivity contribution in [1.29, 1.82) is 10.5 Å². The quantitative estimate of drug-likeness (QED) is 0.161. The number of carbonyl (C=O) groups excluding carboxylic acids is 2. The average molecular weight is 999 g/mol. The average Bonchev–Trinajstić information content (AvgIpc) is 4.23. The summed E-state index contributed by atoms with van der Waals surface area (Å²) in [7, 11) is 3.78. The molecule has 2 atom stereocenters. The second-order valence-corrected chi connectivity index (χ2v) is 21.4. The smallest absolute Gasteiger partial charge is 0.219 e. The number of nitriles is 2. The first-order valence-electron chi connectivity index (χ1n) is 26.4. The van der Waals surface area contributed by atoms with Crippen LogP contribution in [0.2, 0.25) is 0 Å². The van der Waals surface area contributed by atoms with Crippen molar-refractivity contribution >= 4 is 34.8 Å². The molecule has 0 saturated carbocycles. The van der Waals surface area contributed by atoms with Crippen molar-refractivity contribution in [3.8, 4) is 34.4 Å². The first kappa shape index (κ1) is 49.0. The summed E-state index contributed by atoms with van der Waals surface area (Å²) in [5.74, 6) is 2.88. The number of ether oxygens (including phenoxy) is 2. The number of nitrogens with zero attached hydrogens (tertiary/aromatic N) is 14. The molecule has 0 radical (unpaired) electrons. The largest absolute Gasteiger partial charge is 0.381 e. The number of aryl methyl sites for hydroxylation is 2. The number of fused-ring (bicyclic) bond motifs is 4. The van der Waals surface area contributed by atoms with E-state index in [1.54, 1.807) is 23.2 Å². The van der Waals surface area contributed by atoms with Crippen LogP contribution in [0.5, 0.6) is 0 Å². The van der Waals surface area contributed by atoms with Crippen LogP contribution in [0.25, 0.3) is 22.3 Å². The van der Waals surface area contributed by atoms with Crippen LogP contribution in [0.4, 0.5) is 23.0 Å². The predicted molar refractivity (Wildman–Crippen MR) is 279 cm³/mol. The number of amides is 2. The molecule has 4 aromatic heterocycles. The van der Waals surface area contributed by atoms with Crippen molar-refractivity contribution < 1.29 is 19.1 Å². The third-order valence-corrected chi connectivity index (χ3v) is 16.0. The van der Waals surface area contributed by atoms with Gasteiger partial charge in [-0.1, -0.05) is 13.8 Å². The molecule has 6 aromatic rings. The number of hydrogen-bond acceptors (Lipinski definition) is 12. The molecule has 2 saturated heterocycles.